The van der Waals surface area contributed by atoms with E-state index in [1.165, 1.54) is 0 Å². The molecule has 1 atom stereocenters. The third-order valence-electron chi connectivity index (χ3n) is 4.49. The molecule has 0 spiro atoms. The van der Waals surface area contributed by atoms with Gasteiger partial charge in [0.05, 0.1) is 5.92 Å². The number of carboxylic acids is 1. The van der Waals surface area contributed by atoms with Crippen molar-refractivity contribution in [3.63, 3.8) is 0 Å². The van der Waals surface area contributed by atoms with Gasteiger partial charge < -0.3 is 14.7 Å². The van der Waals surface area contributed by atoms with Gasteiger partial charge in [0.15, 0.2) is 0 Å². The van der Waals surface area contributed by atoms with Gasteiger partial charge in [0.1, 0.15) is 12.4 Å². The Morgan fingerprint density at radius 1 is 1.12 bits per heavy atom. The minimum atomic E-state index is -0.878. The molecule has 1 amide bonds. The summed E-state index contributed by atoms with van der Waals surface area (Å²) in [6.07, 6.45) is 1.89. The highest BCUT2D eigenvalue weighted by Crippen LogP contribution is 2.29. The van der Waals surface area contributed by atoms with Gasteiger partial charge in [-0.15, -0.1) is 0 Å². The molecule has 0 aliphatic heterocycles. The predicted octanol–water partition coefficient (Wildman–Crippen LogP) is 3.59. The molecular formula is C21H23NO4. The molecule has 1 saturated carbocycles. The molecule has 1 aliphatic rings. The Hall–Kier alpha value is -2.82. The number of carbonyl (C=O) groups excluding carboxylic acids is 1. The molecule has 5 nitrogen and oxygen atoms in total. The molecular weight excluding hydrogens is 330 g/mol. The quantitative estimate of drug-likeness (QED) is 0.787. The van der Waals surface area contributed by atoms with Crippen molar-refractivity contribution in [3.8, 4) is 5.75 Å². The summed E-state index contributed by atoms with van der Waals surface area (Å²) in [6, 6.07) is 17.1. The van der Waals surface area contributed by atoms with Crippen LogP contribution in [-0.4, -0.2) is 34.5 Å². The monoisotopic (exact) mass is 353 g/mol. The lowest BCUT2D eigenvalue weighted by atomic mass is 10.1. The minimum Gasteiger partial charge on any atom is -0.489 e. The van der Waals surface area contributed by atoms with Crippen molar-refractivity contribution in [2.45, 2.75) is 32.4 Å². The molecule has 1 fully saturated rings. The summed E-state index contributed by atoms with van der Waals surface area (Å²) in [5.74, 6) is -0.749. The van der Waals surface area contributed by atoms with Crippen LogP contribution in [0.5, 0.6) is 5.75 Å². The zero-order valence-electron chi connectivity index (χ0n) is 14.8. The molecule has 3 rings (SSSR count). The van der Waals surface area contributed by atoms with E-state index in [1.54, 1.807) is 24.0 Å². The van der Waals surface area contributed by atoms with Gasteiger partial charge in [-0.05, 0) is 42.7 Å². The van der Waals surface area contributed by atoms with Crippen LogP contribution in [0.4, 0.5) is 0 Å². The molecule has 0 radical (unpaired) electrons. The molecule has 0 saturated heterocycles. The van der Waals surface area contributed by atoms with E-state index in [0.717, 1.165) is 24.2 Å². The molecule has 1 N–H and O–H groups in total. The summed E-state index contributed by atoms with van der Waals surface area (Å²) >= 11 is 0. The number of aliphatic carboxylic acids is 1. The average Bonchev–Trinajstić information content (AvgIpc) is 3.50. The minimum absolute atomic E-state index is 0.101. The highest BCUT2D eigenvalue weighted by molar-refractivity contribution is 5.95. The zero-order chi connectivity index (χ0) is 18.5. The first-order valence-corrected chi connectivity index (χ1v) is 8.85. The predicted molar refractivity (Wildman–Crippen MR) is 98.1 cm³/mol. The first-order chi connectivity index (χ1) is 12.5. The first kappa shape index (κ1) is 18.0. The average molecular weight is 353 g/mol. The third kappa shape index (κ3) is 4.63. The molecule has 1 aliphatic carbocycles. The van der Waals surface area contributed by atoms with Crippen LogP contribution in [0.1, 0.15) is 35.7 Å². The summed E-state index contributed by atoms with van der Waals surface area (Å²) in [4.78, 5) is 25.6. The van der Waals surface area contributed by atoms with Gasteiger partial charge in [0.2, 0.25) is 0 Å². The lowest BCUT2D eigenvalue weighted by Crippen LogP contribution is -2.38. The first-order valence-electron chi connectivity index (χ1n) is 8.85. The van der Waals surface area contributed by atoms with Crippen LogP contribution in [0.15, 0.2) is 54.6 Å². The van der Waals surface area contributed by atoms with Gasteiger partial charge in [-0.1, -0.05) is 37.3 Å². The van der Waals surface area contributed by atoms with Gasteiger partial charge in [-0.3, -0.25) is 9.59 Å². The SMILES string of the molecule is CC(CN(C(=O)c1ccc(COc2ccccc2)cc1)C1CC1)C(=O)O. The lowest BCUT2D eigenvalue weighted by Gasteiger charge is -2.24. The van der Waals surface area contributed by atoms with Crippen molar-refractivity contribution in [1.29, 1.82) is 0 Å². The van der Waals surface area contributed by atoms with Gasteiger partial charge in [-0.25, -0.2) is 0 Å². The molecule has 5 heteroatoms. The topological polar surface area (TPSA) is 66.8 Å². The zero-order valence-corrected chi connectivity index (χ0v) is 14.8. The Morgan fingerprint density at radius 3 is 2.35 bits per heavy atom. The van der Waals surface area contributed by atoms with Crippen LogP contribution in [0, 0.1) is 5.92 Å². The molecule has 136 valence electrons. The van der Waals surface area contributed by atoms with Gasteiger partial charge in [0.25, 0.3) is 5.91 Å². The van der Waals surface area contributed by atoms with E-state index in [0.29, 0.717) is 12.2 Å². The summed E-state index contributed by atoms with van der Waals surface area (Å²) in [5.41, 5.74) is 1.56. The normalized spacial score (nSPS) is 14.5. The van der Waals surface area contributed by atoms with Crippen LogP contribution in [-0.2, 0) is 11.4 Å². The van der Waals surface area contributed by atoms with Crippen molar-refractivity contribution >= 4 is 11.9 Å². The molecule has 26 heavy (non-hydrogen) atoms. The van der Waals surface area contributed by atoms with Gasteiger partial charge in [0, 0.05) is 18.2 Å². The Kier molecular flexibility index (Phi) is 5.56. The van der Waals surface area contributed by atoms with Crippen LogP contribution in [0.25, 0.3) is 0 Å². The molecule has 2 aromatic carbocycles. The fourth-order valence-electron chi connectivity index (χ4n) is 2.75. The maximum atomic E-state index is 12.8. The van der Waals surface area contributed by atoms with Crippen LogP contribution >= 0.6 is 0 Å². The standard InChI is InChI=1S/C21H23NO4/c1-15(21(24)25)13-22(18-11-12-18)20(23)17-9-7-16(8-10-17)14-26-19-5-3-2-4-6-19/h2-10,15,18H,11-14H2,1H3,(H,24,25). The number of carboxylic acid groups (broad SMARTS) is 1. The fraction of sp³-hybridized carbons (Fsp3) is 0.333. The Morgan fingerprint density at radius 2 is 1.77 bits per heavy atom. The maximum absolute atomic E-state index is 12.8. The summed E-state index contributed by atoms with van der Waals surface area (Å²) in [5, 5.41) is 9.12. The summed E-state index contributed by atoms with van der Waals surface area (Å²) < 4.78 is 5.71. The summed E-state index contributed by atoms with van der Waals surface area (Å²) in [6.45, 7) is 2.31. The van der Waals surface area contributed by atoms with E-state index in [9.17, 15) is 9.59 Å². The van der Waals surface area contributed by atoms with Crippen molar-refractivity contribution in [2.75, 3.05) is 6.54 Å². The molecule has 0 heterocycles. The van der Waals surface area contributed by atoms with E-state index in [4.69, 9.17) is 9.84 Å². The second-order valence-corrected chi connectivity index (χ2v) is 6.73. The Labute approximate surface area is 153 Å². The number of rotatable bonds is 8. The number of para-hydroxylation sites is 1. The van der Waals surface area contributed by atoms with E-state index in [2.05, 4.69) is 0 Å². The number of benzene rings is 2. The van der Waals surface area contributed by atoms with E-state index in [-0.39, 0.29) is 18.5 Å². The van der Waals surface area contributed by atoms with Crippen molar-refractivity contribution in [2.24, 2.45) is 5.92 Å². The van der Waals surface area contributed by atoms with Crippen LogP contribution in [0.3, 0.4) is 0 Å². The largest absolute Gasteiger partial charge is 0.489 e. The summed E-state index contributed by atoms with van der Waals surface area (Å²) in [7, 11) is 0. The molecule has 1 unspecified atom stereocenters. The number of carbonyl (C=O) groups is 2. The highest BCUT2D eigenvalue weighted by atomic mass is 16.5. The van der Waals surface area contributed by atoms with Crippen LogP contribution in [0.2, 0.25) is 0 Å². The number of nitrogens with zero attached hydrogens (tertiary/aromatic N) is 1. The van der Waals surface area contributed by atoms with Crippen molar-refractivity contribution in [3.05, 3.63) is 65.7 Å². The third-order valence-corrected chi connectivity index (χ3v) is 4.49. The van der Waals surface area contributed by atoms with Crippen molar-refractivity contribution in [1.82, 2.24) is 4.90 Å². The number of amides is 1. The molecule has 0 bridgehead atoms. The van der Waals surface area contributed by atoms with Crippen LogP contribution < -0.4 is 4.74 Å². The van der Waals surface area contributed by atoms with Gasteiger partial charge in [-0.2, -0.15) is 0 Å². The van der Waals surface area contributed by atoms with E-state index < -0.39 is 11.9 Å². The highest BCUT2D eigenvalue weighted by Gasteiger charge is 2.34. The fourth-order valence-corrected chi connectivity index (χ4v) is 2.75. The molecule has 2 aromatic rings. The Bertz CT molecular complexity index is 753. The Balaban J connectivity index is 1.62. The number of ether oxygens (including phenoxy) is 1. The molecule has 0 aromatic heterocycles. The van der Waals surface area contributed by atoms with E-state index >= 15 is 0 Å². The van der Waals surface area contributed by atoms with Crippen molar-refractivity contribution < 1.29 is 19.4 Å². The lowest BCUT2D eigenvalue weighted by molar-refractivity contribution is -0.141. The maximum Gasteiger partial charge on any atom is 0.308 e. The second-order valence-electron chi connectivity index (χ2n) is 6.73. The number of hydrogen-bond donors (Lipinski definition) is 1. The van der Waals surface area contributed by atoms with Gasteiger partial charge >= 0.3 is 5.97 Å². The second kappa shape index (κ2) is 8.04. The van der Waals surface area contributed by atoms with E-state index in [1.807, 2.05) is 42.5 Å². The number of hydrogen-bond acceptors (Lipinski definition) is 3. The smallest absolute Gasteiger partial charge is 0.308 e.